The molecule has 3 rings (SSSR count). The summed E-state index contributed by atoms with van der Waals surface area (Å²) in [6.45, 7) is 2.78. The first-order valence-corrected chi connectivity index (χ1v) is 9.19. The molecule has 7 nitrogen and oxygen atoms in total. The molecule has 0 amide bonds. The molecule has 1 saturated heterocycles. The van der Waals surface area contributed by atoms with Crippen LogP contribution in [0.1, 0.15) is 5.56 Å². The fourth-order valence-electron chi connectivity index (χ4n) is 2.65. The molecule has 1 aromatic carbocycles. The van der Waals surface area contributed by atoms with E-state index >= 15 is 0 Å². The number of ether oxygens (including phenoxy) is 1. The lowest BCUT2D eigenvalue weighted by molar-refractivity contribution is 0.180. The van der Waals surface area contributed by atoms with Gasteiger partial charge in [-0.05, 0) is 18.2 Å². The van der Waals surface area contributed by atoms with Crippen molar-refractivity contribution < 1.29 is 13.2 Å². The van der Waals surface area contributed by atoms with Crippen molar-refractivity contribution in [3.05, 3.63) is 54.4 Å². The van der Waals surface area contributed by atoms with Crippen LogP contribution in [-0.2, 0) is 16.8 Å². The van der Waals surface area contributed by atoms with Gasteiger partial charge in [-0.3, -0.25) is 9.88 Å². The van der Waals surface area contributed by atoms with Crippen LogP contribution < -0.4 is 9.88 Å². The minimum Gasteiger partial charge on any atom is -0.455 e. The summed E-state index contributed by atoms with van der Waals surface area (Å²) in [5.41, 5.74) is 1.05. The van der Waals surface area contributed by atoms with Crippen LogP contribution in [0.3, 0.4) is 0 Å². The summed E-state index contributed by atoms with van der Waals surface area (Å²) in [6.07, 6.45) is 3.37. The minimum absolute atomic E-state index is 0.407. The topological polar surface area (TPSA) is 88.8 Å². The third-order valence-corrected chi connectivity index (χ3v) is 5.00. The number of nitrogens with two attached hydrogens (primary N) is 1. The summed E-state index contributed by atoms with van der Waals surface area (Å²) < 4.78 is 30.0. The zero-order valence-corrected chi connectivity index (χ0v) is 14.0. The van der Waals surface area contributed by atoms with Crippen LogP contribution in [0.4, 0.5) is 0 Å². The number of aromatic nitrogens is 1. The largest absolute Gasteiger partial charge is 0.455 e. The van der Waals surface area contributed by atoms with Crippen LogP contribution in [0.25, 0.3) is 0 Å². The van der Waals surface area contributed by atoms with Gasteiger partial charge in [0.1, 0.15) is 11.5 Å². The molecular weight excluding hydrogens is 328 g/mol. The Morgan fingerprint density at radius 2 is 1.83 bits per heavy atom. The second kappa shape index (κ2) is 7.27. The van der Waals surface area contributed by atoms with Crippen LogP contribution in [-0.4, -0.2) is 48.8 Å². The zero-order valence-electron chi connectivity index (χ0n) is 13.2. The predicted octanol–water partition coefficient (Wildman–Crippen LogP) is 1.20. The smallest absolute Gasteiger partial charge is 0.276 e. The summed E-state index contributed by atoms with van der Waals surface area (Å²) in [6, 6.07) is 11.5. The Morgan fingerprint density at radius 3 is 2.50 bits per heavy atom. The highest BCUT2D eigenvalue weighted by atomic mass is 32.2. The van der Waals surface area contributed by atoms with Gasteiger partial charge in [0.05, 0.1) is 6.20 Å². The van der Waals surface area contributed by atoms with E-state index in [9.17, 15) is 8.42 Å². The van der Waals surface area contributed by atoms with Gasteiger partial charge < -0.3 is 4.74 Å². The maximum atomic E-state index is 11.4. The van der Waals surface area contributed by atoms with Crippen LogP contribution in [0.15, 0.2) is 48.8 Å². The van der Waals surface area contributed by atoms with E-state index in [-0.39, 0.29) is 0 Å². The number of pyridine rings is 1. The highest BCUT2D eigenvalue weighted by Crippen LogP contribution is 2.26. The molecular formula is C16H20N4O3S. The first-order chi connectivity index (χ1) is 11.5. The Hall–Kier alpha value is -2.00. The quantitative estimate of drug-likeness (QED) is 0.877. The van der Waals surface area contributed by atoms with Crippen LogP contribution in [0, 0.1) is 0 Å². The van der Waals surface area contributed by atoms with Crippen LogP contribution in [0.2, 0.25) is 0 Å². The van der Waals surface area contributed by atoms with E-state index < -0.39 is 10.2 Å². The molecule has 1 aromatic heterocycles. The number of nitrogens with zero attached hydrogens (tertiary/aromatic N) is 3. The van der Waals surface area contributed by atoms with Gasteiger partial charge in [-0.1, -0.05) is 18.2 Å². The average molecular weight is 348 g/mol. The van der Waals surface area contributed by atoms with E-state index in [1.54, 1.807) is 12.4 Å². The molecule has 0 unspecified atom stereocenters. The summed E-state index contributed by atoms with van der Waals surface area (Å²) >= 11 is 0. The maximum absolute atomic E-state index is 11.4. The molecule has 2 heterocycles. The Kier molecular flexibility index (Phi) is 5.10. The number of hydrogen-bond acceptors (Lipinski definition) is 5. The van der Waals surface area contributed by atoms with Crippen molar-refractivity contribution in [2.24, 2.45) is 5.14 Å². The molecule has 8 heteroatoms. The predicted molar refractivity (Wildman–Crippen MR) is 90.7 cm³/mol. The highest BCUT2D eigenvalue weighted by molar-refractivity contribution is 7.86. The number of para-hydroxylation sites is 1. The molecule has 0 aliphatic carbocycles. The van der Waals surface area contributed by atoms with Crippen molar-refractivity contribution in [3.63, 3.8) is 0 Å². The Labute approximate surface area is 141 Å². The molecule has 0 atom stereocenters. The molecule has 1 aliphatic heterocycles. The molecule has 2 N–H and O–H groups in total. The third-order valence-electron chi connectivity index (χ3n) is 3.92. The maximum Gasteiger partial charge on any atom is 0.276 e. The van der Waals surface area contributed by atoms with Gasteiger partial charge in [-0.15, -0.1) is 0 Å². The molecule has 2 aromatic rings. The standard InChI is InChI=1S/C16H20N4O3S/c17-24(21,22)20-10-8-19(9-11-20)13-14-4-1-2-6-16(14)23-15-5-3-7-18-12-15/h1-7,12H,8-11,13H2,(H2,17,21,22). The lowest BCUT2D eigenvalue weighted by Gasteiger charge is -2.33. The van der Waals surface area contributed by atoms with E-state index in [0.717, 1.165) is 11.3 Å². The van der Waals surface area contributed by atoms with Crippen LogP contribution in [0.5, 0.6) is 11.5 Å². The average Bonchev–Trinajstić information content (AvgIpc) is 2.57. The summed E-state index contributed by atoms with van der Waals surface area (Å²) in [5, 5.41) is 5.17. The van der Waals surface area contributed by atoms with Gasteiger partial charge in [0.15, 0.2) is 0 Å². The number of rotatable bonds is 5. The molecule has 0 spiro atoms. The van der Waals surface area contributed by atoms with E-state index in [0.29, 0.717) is 38.5 Å². The minimum atomic E-state index is -3.60. The van der Waals surface area contributed by atoms with Crippen molar-refractivity contribution in [2.75, 3.05) is 26.2 Å². The Balaban J connectivity index is 1.66. The van der Waals surface area contributed by atoms with Crippen LogP contribution >= 0.6 is 0 Å². The van der Waals surface area contributed by atoms with Gasteiger partial charge in [0.25, 0.3) is 10.2 Å². The molecule has 128 valence electrons. The van der Waals surface area contributed by atoms with Gasteiger partial charge in [0.2, 0.25) is 0 Å². The van der Waals surface area contributed by atoms with Gasteiger partial charge in [0, 0.05) is 44.5 Å². The Bertz CT molecular complexity index is 775. The Morgan fingerprint density at radius 1 is 1.08 bits per heavy atom. The molecule has 0 bridgehead atoms. The normalized spacial score (nSPS) is 16.9. The van der Waals surface area contributed by atoms with E-state index in [1.807, 2.05) is 36.4 Å². The van der Waals surface area contributed by atoms with Crippen molar-refractivity contribution in [2.45, 2.75) is 6.54 Å². The number of piperazine rings is 1. The van der Waals surface area contributed by atoms with Crippen molar-refractivity contribution in [1.82, 2.24) is 14.2 Å². The molecule has 0 radical (unpaired) electrons. The summed E-state index contributed by atoms with van der Waals surface area (Å²) in [4.78, 5) is 6.24. The van der Waals surface area contributed by atoms with Crippen molar-refractivity contribution in [3.8, 4) is 11.5 Å². The fourth-order valence-corrected chi connectivity index (χ4v) is 3.32. The first-order valence-electron chi connectivity index (χ1n) is 7.68. The van der Waals surface area contributed by atoms with Crippen molar-refractivity contribution in [1.29, 1.82) is 0 Å². The molecule has 1 fully saturated rings. The monoisotopic (exact) mass is 348 g/mol. The van der Waals surface area contributed by atoms with Crippen molar-refractivity contribution >= 4 is 10.2 Å². The summed E-state index contributed by atoms with van der Waals surface area (Å²) in [7, 11) is -3.60. The highest BCUT2D eigenvalue weighted by Gasteiger charge is 2.24. The van der Waals surface area contributed by atoms with Gasteiger partial charge in [-0.25, -0.2) is 5.14 Å². The van der Waals surface area contributed by atoms with E-state index in [1.165, 1.54) is 4.31 Å². The SMILES string of the molecule is NS(=O)(=O)N1CCN(Cc2ccccc2Oc2cccnc2)CC1. The zero-order chi connectivity index (χ0) is 17.0. The third kappa shape index (κ3) is 4.30. The summed E-state index contributed by atoms with van der Waals surface area (Å²) in [5.74, 6) is 1.46. The molecule has 1 aliphatic rings. The fraction of sp³-hybridized carbons (Fsp3) is 0.312. The molecule has 24 heavy (non-hydrogen) atoms. The lowest BCUT2D eigenvalue weighted by atomic mass is 10.1. The van der Waals surface area contributed by atoms with Gasteiger partial charge in [-0.2, -0.15) is 12.7 Å². The van der Waals surface area contributed by atoms with E-state index in [2.05, 4.69) is 9.88 Å². The lowest BCUT2D eigenvalue weighted by Crippen LogP contribution is -2.50. The number of hydrogen-bond donors (Lipinski definition) is 1. The first kappa shape index (κ1) is 16.8. The second-order valence-corrected chi connectivity index (χ2v) is 7.16. The second-order valence-electron chi connectivity index (χ2n) is 5.62. The van der Waals surface area contributed by atoms with E-state index in [4.69, 9.17) is 9.88 Å². The van der Waals surface area contributed by atoms with Gasteiger partial charge >= 0.3 is 0 Å². The molecule has 0 saturated carbocycles. The number of benzene rings is 1.